The van der Waals surface area contributed by atoms with Crippen LogP contribution in [0.4, 0.5) is 10.5 Å². The van der Waals surface area contributed by atoms with Crippen LogP contribution in [0.15, 0.2) is 18.2 Å². The summed E-state index contributed by atoms with van der Waals surface area (Å²) in [5.41, 5.74) is 3.16. The minimum absolute atomic E-state index is 0.0116. The van der Waals surface area contributed by atoms with Crippen molar-refractivity contribution in [2.24, 2.45) is 11.1 Å². The van der Waals surface area contributed by atoms with E-state index >= 15 is 0 Å². The number of piperidine rings is 1. The first-order chi connectivity index (χ1) is 9.60. The van der Waals surface area contributed by atoms with Gasteiger partial charge in [0.15, 0.2) is 0 Å². The lowest BCUT2D eigenvalue weighted by Gasteiger charge is -2.31. The molecule has 5 heteroatoms. The highest BCUT2D eigenvalue weighted by atomic mass is 32.2. The molecule has 1 fully saturated rings. The lowest BCUT2D eigenvalue weighted by molar-refractivity contribution is 0.187. The van der Waals surface area contributed by atoms with Crippen LogP contribution in [0, 0.1) is 19.8 Å². The van der Waals surface area contributed by atoms with Gasteiger partial charge in [0, 0.05) is 24.5 Å². The molecule has 0 spiro atoms. The fourth-order valence-electron chi connectivity index (χ4n) is 2.50. The van der Waals surface area contributed by atoms with Crippen LogP contribution in [0.2, 0.25) is 0 Å². The third-order valence-corrected chi connectivity index (χ3v) is 4.53. The first-order valence-corrected chi connectivity index (χ1v) is 8.10. The Hall–Kier alpha value is -1.20. The van der Waals surface area contributed by atoms with E-state index in [1.807, 2.05) is 30.9 Å². The van der Waals surface area contributed by atoms with E-state index in [0.29, 0.717) is 5.92 Å². The molecule has 0 aliphatic carbocycles. The SMILES string of the molecule is Cc1ccc(C)c(NC(=O)N2CCC(CSN)CC2)c1. The van der Waals surface area contributed by atoms with Gasteiger partial charge in [-0.3, -0.25) is 5.14 Å². The number of carbonyl (C=O) groups excluding carboxylic acids is 1. The van der Waals surface area contributed by atoms with Crippen LogP contribution in [0.5, 0.6) is 0 Å². The number of benzene rings is 1. The summed E-state index contributed by atoms with van der Waals surface area (Å²) in [5.74, 6) is 1.64. The van der Waals surface area contributed by atoms with Gasteiger partial charge in [0.1, 0.15) is 0 Å². The molecule has 2 amide bonds. The molecule has 1 heterocycles. The van der Waals surface area contributed by atoms with Gasteiger partial charge >= 0.3 is 6.03 Å². The van der Waals surface area contributed by atoms with E-state index in [-0.39, 0.29) is 6.03 Å². The Morgan fingerprint density at radius 2 is 2.10 bits per heavy atom. The number of nitrogens with one attached hydrogen (secondary N) is 1. The molecular weight excluding hydrogens is 270 g/mol. The van der Waals surface area contributed by atoms with Crippen LogP contribution < -0.4 is 10.5 Å². The Balaban J connectivity index is 1.91. The number of rotatable bonds is 3. The second-order valence-corrected chi connectivity index (χ2v) is 6.18. The molecule has 0 bridgehead atoms. The molecule has 20 heavy (non-hydrogen) atoms. The van der Waals surface area contributed by atoms with Crippen molar-refractivity contribution >= 4 is 23.7 Å². The number of nitrogens with zero attached hydrogens (tertiary/aromatic N) is 1. The number of anilines is 1. The highest BCUT2D eigenvalue weighted by molar-refractivity contribution is 7.97. The zero-order valence-corrected chi connectivity index (χ0v) is 13.0. The molecule has 4 nitrogen and oxygen atoms in total. The van der Waals surface area contributed by atoms with E-state index in [1.54, 1.807) is 0 Å². The van der Waals surface area contributed by atoms with Crippen LogP contribution in [-0.2, 0) is 0 Å². The number of hydrogen-bond donors (Lipinski definition) is 2. The third kappa shape index (κ3) is 3.90. The molecule has 1 aliphatic heterocycles. The minimum atomic E-state index is 0.0116. The van der Waals surface area contributed by atoms with E-state index in [4.69, 9.17) is 5.14 Å². The van der Waals surface area contributed by atoms with Gasteiger partial charge in [-0.25, -0.2) is 4.79 Å². The quantitative estimate of drug-likeness (QED) is 0.842. The zero-order valence-electron chi connectivity index (χ0n) is 12.2. The largest absolute Gasteiger partial charge is 0.325 e. The highest BCUT2D eigenvalue weighted by Gasteiger charge is 2.22. The lowest BCUT2D eigenvalue weighted by Crippen LogP contribution is -2.41. The van der Waals surface area contributed by atoms with Crippen molar-refractivity contribution < 1.29 is 4.79 Å². The summed E-state index contributed by atoms with van der Waals surface area (Å²) in [6, 6.07) is 6.12. The monoisotopic (exact) mass is 293 g/mol. The number of aryl methyl sites for hydroxylation is 2. The molecule has 1 aliphatic rings. The van der Waals surface area contributed by atoms with Gasteiger partial charge in [-0.15, -0.1) is 0 Å². The Bertz CT molecular complexity index is 470. The molecule has 1 aromatic rings. The Morgan fingerprint density at radius 3 is 2.75 bits per heavy atom. The fraction of sp³-hybridized carbons (Fsp3) is 0.533. The molecule has 3 N–H and O–H groups in total. The van der Waals surface area contributed by atoms with Crippen LogP contribution in [0.1, 0.15) is 24.0 Å². The summed E-state index contributed by atoms with van der Waals surface area (Å²) in [5, 5.41) is 8.54. The lowest BCUT2D eigenvalue weighted by atomic mass is 9.99. The summed E-state index contributed by atoms with van der Waals surface area (Å²) in [4.78, 5) is 14.2. The molecule has 110 valence electrons. The van der Waals surface area contributed by atoms with E-state index in [9.17, 15) is 4.79 Å². The molecule has 0 aromatic heterocycles. The first kappa shape index (κ1) is 15.2. The maximum absolute atomic E-state index is 12.3. The Morgan fingerprint density at radius 1 is 1.40 bits per heavy atom. The maximum Gasteiger partial charge on any atom is 0.321 e. The second kappa shape index (κ2) is 6.99. The van der Waals surface area contributed by atoms with E-state index in [2.05, 4.69) is 11.4 Å². The third-order valence-electron chi connectivity index (χ3n) is 3.87. The number of hydrogen-bond acceptors (Lipinski definition) is 3. The van der Waals surface area contributed by atoms with Crippen molar-refractivity contribution in [1.29, 1.82) is 0 Å². The van der Waals surface area contributed by atoms with Crippen molar-refractivity contribution in [3.05, 3.63) is 29.3 Å². The molecule has 0 atom stereocenters. The van der Waals surface area contributed by atoms with Gasteiger partial charge in [-0.05, 0) is 49.8 Å². The number of likely N-dealkylation sites (tertiary alicyclic amines) is 1. The summed E-state index contributed by atoms with van der Waals surface area (Å²) in [6.07, 6.45) is 2.09. The minimum Gasteiger partial charge on any atom is -0.325 e. The van der Waals surface area contributed by atoms with Gasteiger partial charge < -0.3 is 10.2 Å². The zero-order chi connectivity index (χ0) is 14.5. The molecular formula is C15H23N3OS. The molecule has 0 radical (unpaired) electrons. The normalized spacial score (nSPS) is 16.2. The fourth-order valence-corrected chi connectivity index (χ4v) is 3.11. The van der Waals surface area contributed by atoms with Gasteiger partial charge in [0.05, 0.1) is 0 Å². The van der Waals surface area contributed by atoms with Crippen LogP contribution in [-0.4, -0.2) is 29.8 Å². The van der Waals surface area contributed by atoms with Crippen LogP contribution in [0.3, 0.4) is 0 Å². The topological polar surface area (TPSA) is 58.4 Å². The average Bonchev–Trinajstić information content (AvgIpc) is 2.44. The van der Waals surface area contributed by atoms with Gasteiger partial charge in [-0.2, -0.15) is 0 Å². The predicted octanol–water partition coefficient (Wildman–Crippen LogP) is 3.15. The van der Waals surface area contributed by atoms with E-state index in [0.717, 1.165) is 48.5 Å². The standard InChI is InChI=1S/C15H23N3OS/c1-11-3-4-12(2)14(9-11)17-15(19)18-7-5-13(6-8-18)10-20-16/h3-4,9,13H,5-8,10,16H2,1-2H3,(H,17,19). The van der Waals surface area contributed by atoms with E-state index < -0.39 is 0 Å². The number of amides is 2. The highest BCUT2D eigenvalue weighted by Crippen LogP contribution is 2.21. The molecule has 2 rings (SSSR count). The average molecular weight is 293 g/mol. The molecule has 0 unspecified atom stereocenters. The van der Waals surface area contributed by atoms with Gasteiger partial charge in [-0.1, -0.05) is 24.1 Å². The first-order valence-electron chi connectivity index (χ1n) is 7.05. The van der Waals surface area contributed by atoms with Crippen molar-refractivity contribution in [3.63, 3.8) is 0 Å². The maximum atomic E-state index is 12.3. The van der Waals surface area contributed by atoms with Crippen molar-refractivity contribution in [2.75, 3.05) is 24.2 Å². The van der Waals surface area contributed by atoms with Crippen molar-refractivity contribution in [3.8, 4) is 0 Å². The van der Waals surface area contributed by atoms with Gasteiger partial charge in [0.25, 0.3) is 0 Å². The predicted molar refractivity (Wildman–Crippen MR) is 85.9 cm³/mol. The second-order valence-electron chi connectivity index (χ2n) is 5.51. The summed E-state index contributed by atoms with van der Waals surface area (Å²) >= 11 is 1.40. The Kier molecular flexibility index (Phi) is 5.31. The molecule has 0 saturated carbocycles. The molecule has 1 saturated heterocycles. The smallest absolute Gasteiger partial charge is 0.321 e. The number of nitrogens with two attached hydrogens (primary N) is 1. The van der Waals surface area contributed by atoms with Crippen molar-refractivity contribution in [1.82, 2.24) is 4.90 Å². The van der Waals surface area contributed by atoms with E-state index in [1.165, 1.54) is 11.9 Å². The summed E-state index contributed by atoms with van der Waals surface area (Å²) < 4.78 is 0. The summed E-state index contributed by atoms with van der Waals surface area (Å²) in [7, 11) is 0. The van der Waals surface area contributed by atoms with Gasteiger partial charge in [0.2, 0.25) is 0 Å². The van der Waals surface area contributed by atoms with Crippen LogP contribution in [0.25, 0.3) is 0 Å². The summed E-state index contributed by atoms with van der Waals surface area (Å²) in [6.45, 7) is 5.69. The van der Waals surface area contributed by atoms with Crippen LogP contribution >= 0.6 is 11.9 Å². The number of urea groups is 1. The molecule has 1 aromatic carbocycles. The van der Waals surface area contributed by atoms with Crippen molar-refractivity contribution in [2.45, 2.75) is 26.7 Å². The Labute approximate surface area is 125 Å². The number of carbonyl (C=O) groups is 1.